The zero-order chi connectivity index (χ0) is 27.6. The second kappa shape index (κ2) is 10.4. The summed E-state index contributed by atoms with van der Waals surface area (Å²) in [5.41, 5.74) is -0.474. The predicted octanol–water partition coefficient (Wildman–Crippen LogP) is 3.05. The Morgan fingerprint density at radius 2 is 1.77 bits per heavy atom. The molecule has 198 valence electrons. The summed E-state index contributed by atoms with van der Waals surface area (Å²) in [5, 5.41) is 22.4. The van der Waals surface area contributed by atoms with Crippen molar-refractivity contribution in [3.63, 3.8) is 0 Å². The Morgan fingerprint density at radius 1 is 1.00 bits per heavy atom. The normalized spacial score (nSPS) is 12.7. The van der Waals surface area contributed by atoms with Crippen LogP contribution in [0.15, 0.2) is 90.5 Å². The number of aliphatic hydroxyl groups is 1. The maximum Gasteiger partial charge on any atom is 0.350 e. The summed E-state index contributed by atoms with van der Waals surface area (Å²) < 4.78 is 31.8. The van der Waals surface area contributed by atoms with Crippen LogP contribution in [0.5, 0.6) is 0 Å². The van der Waals surface area contributed by atoms with Crippen molar-refractivity contribution < 1.29 is 18.7 Å². The maximum absolute atomic E-state index is 14.7. The predicted molar refractivity (Wildman–Crippen MR) is 137 cm³/mol. The van der Waals surface area contributed by atoms with Crippen LogP contribution in [0.25, 0.3) is 5.69 Å². The number of nitrogens with one attached hydrogen (secondary N) is 1. The van der Waals surface area contributed by atoms with Gasteiger partial charge in [0.2, 0.25) is 0 Å². The highest BCUT2D eigenvalue weighted by Gasteiger charge is 2.35. The van der Waals surface area contributed by atoms with Gasteiger partial charge in [0.05, 0.1) is 18.8 Å². The first kappa shape index (κ1) is 25.7. The number of benzene rings is 3. The maximum atomic E-state index is 14.7. The number of halogens is 2. The standard InChI is InChI=1S/C27H23F2N7O3/c1-18-4-2-3-5-22(18)25(37)33-20-7-9-21(10-8-20)35-17-32-36(26(35)38)14-27(39,13-34-16-30-15-31-34)23-11-6-19(28)12-24(23)29/h2-12,15-17,39H,13-14H2,1H3,(H,33,37). The van der Waals surface area contributed by atoms with Crippen LogP contribution < -0.4 is 11.0 Å². The molecule has 0 aliphatic carbocycles. The molecule has 1 unspecified atom stereocenters. The Hall–Kier alpha value is -4.97. The third-order valence-corrected chi connectivity index (χ3v) is 6.26. The number of carbonyl (C=O) groups is 1. The van der Waals surface area contributed by atoms with Crippen LogP contribution in [0, 0.1) is 18.6 Å². The van der Waals surface area contributed by atoms with Crippen molar-refractivity contribution in [3.8, 4) is 5.69 Å². The van der Waals surface area contributed by atoms with Gasteiger partial charge in [0.15, 0.2) is 0 Å². The Morgan fingerprint density at radius 3 is 2.46 bits per heavy atom. The fraction of sp³-hybridized carbons (Fsp3) is 0.148. The number of rotatable bonds is 8. The van der Waals surface area contributed by atoms with Crippen molar-refractivity contribution >= 4 is 11.6 Å². The fourth-order valence-electron chi connectivity index (χ4n) is 4.27. The van der Waals surface area contributed by atoms with E-state index in [-0.39, 0.29) is 18.0 Å². The van der Waals surface area contributed by atoms with Gasteiger partial charge in [0.25, 0.3) is 5.91 Å². The molecule has 10 nitrogen and oxygen atoms in total. The summed E-state index contributed by atoms with van der Waals surface area (Å²) in [5.74, 6) is -2.04. The second-order valence-electron chi connectivity index (χ2n) is 9.01. The highest BCUT2D eigenvalue weighted by Crippen LogP contribution is 2.28. The van der Waals surface area contributed by atoms with Gasteiger partial charge in [-0.2, -0.15) is 10.2 Å². The van der Waals surface area contributed by atoms with E-state index in [0.717, 1.165) is 22.4 Å². The quantitative estimate of drug-likeness (QED) is 0.318. The van der Waals surface area contributed by atoms with Crippen molar-refractivity contribution in [3.05, 3.63) is 125 Å². The molecule has 1 atom stereocenters. The van der Waals surface area contributed by atoms with E-state index in [1.54, 1.807) is 36.4 Å². The van der Waals surface area contributed by atoms with Gasteiger partial charge in [0.1, 0.15) is 36.2 Å². The number of carbonyl (C=O) groups excluding carboxylic acids is 1. The van der Waals surface area contributed by atoms with E-state index >= 15 is 0 Å². The van der Waals surface area contributed by atoms with Crippen LogP contribution >= 0.6 is 0 Å². The van der Waals surface area contributed by atoms with Gasteiger partial charge in [-0.05, 0) is 48.9 Å². The van der Waals surface area contributed by atoms with E-state index in [9.17, 15) is 23.5 Å². The number of aromatic nitrogens is 6. The highest BCUT2D eigenvalue weighted by atomic mass is 19.1. The van der Waals surface area contributed by atoms with Crippen LogP contribution in [-0.2, 0) is 18.7 Å². The van der Waals surface area contributed by atoms with Crippen molar-refractivity contribution in [1.82, 2.24) is 29.1 Å². The zero-order valence-corrected chi connectivity index (χ0v) is 20.7. The Kier molecular flexibility index (Phi) is 6.86. The molecule has 3 aromatic carbocycles. The molecule has 0 bridgehead atoms. The largest absolute Gasteiger partial charge is 0.381 e. The minimum atomic E-state index is -2.02. The molecule has 12 heteroatoms. The first-order valence-corrected chi connectivity index (χ1v) is 11.9. The average Bonchev–Trinajstić information content (AvgIpc) is 3.54. The van der Waals surface area contributed by atoms with E-state index in [1.165, 1.54) is 28.2 Å². The molecule has 0 saturated heterocycles. The van der Waals surface area contributed by atoms with Crippen molar-refractivity contribution in [2.75, 3.05) is 5.32 Å². The molecular formula is C27H23F2N7O3. The molecule has 2 aromatic heterocycles. The van der Waals surface area contributed by atoms with Crippen molar-refractivity contribution in [2.24, 2.45) is 0 Å². The summed E-state index contributed by atoms with van der Waals surface area (Å²) in [6.45, 7) is 1.12. The summed E-state index contributed by atoms with van der Waals surface area (Å²) in [4.78, 5) is 29.6. The van der Waals surface area contributed by atoms with E-state index in [0.29, 0.717) is 23.0 Å². The van der Waals surface area contributed by atoms with Crippen LogP contribution in [0.3, 0.4) is 0 Å². The minimum absolute atomic E-state index is 0.227. The molecule has 0 radical (unpaired) electrons. The van der Waals surface area contributed by atoms with Crippen molar-refractivity contribution in [2.45, 2.75) is 25.6 Å². The molecule has 2 N–H and O–H groups in total. The van der Waals surface area contributed by atoms with Crippen LogP contribution in [-0.4, -0.2) is 40.1 Å². The number of nitrogens with zero attached hydrogens (tertiary/aromatic N) is 6. The van der Waals surface area contributed by atoms with Gasteiger partial charge in [-0.25, -0.2) is 32.5 Å². The molecular weight excluding hydrogens is 508 g/mol. The summed E-state index contributed by atoms with van der Waals surface area (Å²) in [6.07, 6.45) is 3.84. The highest BCUT2D eigenvalue weighted by molar-refractivity contribution is 6.05. The van der Waals surface area contributed by atoms with Gasteiger partial charge in [-0.15, -0.1) is 0 Å². The van der Waals surface area contributed by atoms with Gasteiger partial charge in [-0.1, -0.05) is 24.3 Å². The molecule has 0 aliphatic rings. The number of aryl methyl sites for hydroxylation is 1. The molecule has 0 aliphatic heterocycles. The Balaban J connectivity index is 1.39. The Labute approximate surface area is 220 Å². The number of anilines is 1. The first-order valence-electron chi connectivity index (χ1n) is 11.9. The lowest BCUT2D eigenvalue weighted by atomic mass is 9.93. The minimum Gasteiger partial charge on any atom is -0.381 e. The molecule has 0 fully saturated rings. The van der Waals surface area contributed by atoms with E-state index in [1.807, 2.05) is 19.1 Å². The summed E-state index contributed by atoms with van der Waals surface area (Å²) >= 11 is 0. The molecule has 0 saturated carbocycles. The van der Waals surface area contributed by atoms with Gasteiger partial charge >= 0.3 is 5.69 Å². The molecule has 5 aromatic rings. The topological polar surface area (TPSA) is 120 Å². The number of hydrogen-bond donors (Lipinski definition) is 2. The van der Waals surface area contributed by atoms with Crippen molar-refractivity contribution in [1.29, 1.82) is 0 Å². The van der Waals surface area contributed by atoms with Gasteiger partial charge in [0, 0.05) is 22.9 Å². The lowest BCUT2D eigenvalue weighted by Gasteiger charge is -2.28. The van der Waals surface area contributed by atoms with E-state index in [4.69, 9.17) is 0 Å². The Bertz CT molecular complexity index is 1680. The molecule has 1 amide bonds. The zero-order valence-electron chi connectivity index (χ0n) is 20.7. The van der Waals surface area contributed by atoms with Crippen LogP contribution in [0.2, 0.25) is 0 Å². The van der Waals surface area contributed by atoms with Crippen LogP contribution in [0.4, 0.5) is 14.5 Å². The second-order valence-corrected chi connectivity index (χ2v) is 9.01. The lowest BCUT2D eigenvalue weighted by Crippen LogP contribution is -2.41. The smallest absolute Gasteiger partial charge is 0.350 e. The first-order chi connectivity index (χ1) is 18.7. The average molecular weight is 532 g/mol. The lowest BCUT2D eigenvalue weighted by molar-refractivity contribution is -0.00948. The SMILES string of the molecule is Cc1ccccc1C(=O)Nc1ccc(-n2cnn(CC(O)(Cn3cncn3)c3ccc(F)cc3F)c2=O)cc1. The number of amides is 1. The number of hydrogen-bond acceptors (Lipinski definition) is 6. The molecule has 2 heterocycles. The van der Waals surface area contributed by atoms with E-state index < -0.39 is 29.5 Å². The third-order valence-electron chi connectivity index (χ3n) is 6.26. The molecule has 0 spiro atoms. The fourth-order valence-corrected chi connectivity index (χ4v) is 4.27. The molecule has 5 rings (SSSR count). The summed E-state index contributed by atoms with van der Waals surface area (Å²) in [6, 6.07) is 16.5. The summed E-state index contributed by atoms with van der Waals surface area (Å²) in [7, 11) is 0. The van der Waals surface area contributed by atoms with Gasteiger partial charge in [-0.3, -0.25) is 4.79 Å². The third kappa shape index (κ3) is 5.36. The van der Waals surface area contributed by atoms with Crippen LogP contribution in [0.1, 0.15) is 21.5 Å². The van der Waals surface area contributed by atoms with E-state index in [2.05, 4.69) is 20.5 Å². The monoisotopic (exact) mass is 531 g/mol. The molecule has 39 heavy (non-hydrogen) atoms. The van der Waals surface area contributed by atoms with Gasteiger partial charge < -0.3 is 10.4 Å².